The first-order chi connectivity index (χ1) is 15.7. The van der Waals surface area contributed by atoms with Crippen LogP contribution < -0.4 is 5.32 Å². The van der Waals surface area contributed by atoms with E-state index in [1.165, 1.54) is 16.3 Å². The minimum absolute atomic E-state index is 0.102. The van der Waals surface area contributed by atoms with E-state index in [1.807, 2.05) is 19.1 Å². The van der Waals surface area contributed by atoms with Crippen molar-refractivity contribution in [1.82, 2.24) is 14.5 Å². The van der Waals surface area contributed by atoms with Gasteiger partial charge < -0.3 is 10.2 Å². The molecule has 0 fully saturated rings. The molecule has 1 unspecified atom stereocenters. The molecule has 0 saturated heterocycles. The van der Waals surface area contributed by atoms with Gasteiger partial charge in [-0.15, -0.1) is 0 Å². The Labute approximate surface area is 201 Å². The van der Waals surface area contributed by atoms with Gasteiger partial charge in [0.2, 0.25) is 21.8 Å². The summed E-state index contributed by atoms with van der Waals surface area (Å²) < 4.78 is 26.6. The fourth-order valence-electron chi connectivity index (χ4n) is 3.28. The van der Waals surface area contributed by atoms with Gasteiger partial charge in [0.15, 0.2) is 0 Å². The highest BCUT2D eigenvalue weighted by atomic mass is 35.5. The second kappa shape index (κ2) is 12.7. The monoisotopic (exact) mass is 493 g/mol. The Morgan fingerprint density at radius 1 is 1.06 bits per heavy atom. The number of benzene rings is 2. The van der Waals surface area contributed by atoms with E-state index in [1.54, 1.807) is 49.4 Å². The Morgan fingerprint density at radius 2 is 1.70 bits per heavy atom. The van der Waals surface area contributed by atoms with Crippen LogP contribution in [-0.4, -0.2) is 55.6 Å². The van der Waals surface area contributed by atoms with Gasteiger partial charge in [-0.2, -0.15) is 0 Å². The molecular formula is C24H32ClN3O4S. The molecule has 9 heteroatoms. The number of carbonyl (C=O) groups is 2. The van der Waals surface area contributed by atoms with Crippen LogP contribution in [0, 0.1) is 0 Å². The molecule has 0 aliphatic rings. The predicted molar refractivity (Wildman–Crippen MR) is 130 cm³/mol. The second-order valence-electron chi connectivity index (χ2n) is 7.82. The molecule has 0 saturated carbocycles. The number of hydrogen-bond donors (Lipinski definition) is 1. The van der Waals surface area contributed by atoms with E-state index in [-0.39, 0.29) is 36.2 Å². The van der Waals surface area contributed by atoms with Crippen molar-refractivity contribution in [2.75, 3.05) is 20.1 Å². The summed E-state index contributed by atoms with van der Waals surface area (Å²) in [7, 11) is -2.13. The molecule has 0 bridgehead atoms. The highest BCUT2D eigenvalue weighted by Crippen LogP contribution is 2.20. The summed E-state index contributed by atoms with van der Waals surface area (Å²) in [6, 6.07) is 14.7. The first-order valence-electron chi connectivity index (χ1n) is 11.0. The lowest BCUT2D eigenvalue weighted by molar-refractivity contribution is -0.140. The highest BCUT2D eigenvalue weighted by Gasteiger charge is 2.27. The smallest absolute Gasteiger partial charge is 0.242 e. The topological polar surface area (TPSA) is 86.8 Å². The normalized spacial score (nSPS) is 12.4. The van der Waals surface area contributed by atoms with E-state index < -0.39 is 16.1 Å². The van der Waals surface area contributed by atoms with Crippen molar-refractivity contribution in [2.45, 2.75) is 50.6 Å². The molecule has 2 aromatic carbocycles. The summed E-state index contributed by atoms with van der Waals surface area (Å²) in [5.74, 6) is -0.472. The SMILES string of the molecule is CCCNC(=O)C(C)N(Cc1ccccc1Cl)C(=O)CCCN(C)S(=O)(=O)c1ccccc1. The van der Waals surface area contributed by atoms with E-state index >= 15 is 0 Å². The van der Waals surface area contributed by atoms with Gasteiger partial charge in [0.1, 0.15) is 6.04 Å². The van der Waals surface area contributed by atoms with E-state index in [0.29, 0.717) is 18.0 Å². The average molecular weight is 494 g/mol. The van der Waals surface area contributed by atoms with Crippen molar-refractivity contribution in [2.24, 2.45) is 0 Å². The molecular weight excluding hydrogens is 462 g/mol. The van der Waals surface area contributed by atoms with E-state index in [4.69, 9.17) is 11.6 Å². The van der Waals surface area contributed by atoms with Gasteiger partial charge in [0.25, 0.3) is 0 Å². The van der Waals surface area contributed by atoms with Gasteiger partial charge >= 0.3 is 0 Å². The first-order valence-corrected chi connectivity index (χ1v) is 12.8. The van der Waals surface area contributed by atoms with Crippen LogP contribution in [0.2, 0.25) is 5.02 Å². The Bertz CT molecular complexity index is 1030. The molecule has 33 heavy (non-hydrogen) atoms. The average Bonchev–Trinajstić information content (AvgIpc) is 2.81. The van der Waals surface area contributed by atoms with Crippen molar-refractivity contribution in [3.05, 3.63) is 65.2 Å². The van der Waals surface area contributed by atoms with Crippen molar-refractivity contribution in [3.63, 3.8) is 0 Å². The Kier molecular flexibility index (Phi) is 10.3. The van der Waals surface area contributed by atoms with Gasteiger partial charge in [0, 0.05) is 38.1 Å². The Morgan fingerprint density at radius 3 is 2.33 bits per heavy atom. The molecule has 2 amide bonds. The fourth-order valence-corrected chi connectivity index (χ4v) is 4.70. The zero-order valence-corrected chi connectivity index (χ0v) is 20.9. The standard InChI is InChI=1S/C24H32ClN3O4S/c1-4-16-26-24(30)19(2)28(18-20-11-8-9-14-22(20)25)23(29)15-10-17-27(3)33(31,32)21-12-6-5-7-13-21/h5-9,11-14,19H,4,10,15-18H2,1-3H3,(H,26,30). The minimum Gasteiger partial charge on any atom is -0.354 e. The number of hydrogen-bond acceptors (Lipinski definition) is 4. The number of sulfonamides is 1. The Balaban J connectivity index is 2.07. The number of amides is 2. The number of carbonyl (C=O) groups excluding carboxylic acids is 2. The van der Waals surface area contributed by atoms with Gasteiger partial charge in [-0.1, -0.05) is 54.9 Å². The van der Waals surface area contributed by atoms with Crippen LogP contribution in [0.4, 0.5) is 0 Å². The van der Waals surface area contributed by atoms with E-state index in [2.05, 4.69) is 5.32 Å². The van der Waals surface area contributed by atoms with Gasteiger partial charge in [0.05, 0.1) is 4.90 Å². The zero-order valence-electron chi connectivity index (χ0n) is 19.3. The van der Waals surface area contributed by atoms with Crippen LogP contribution in [0.5, 0.6) is 0 Å². The number of nitrogens with zero attached hydrogens (tertiary/aromatic N) is 2. The van der Waals surface area contributed by atoms with E-state index in [0.717, 1.165) is 12.0 Å². The molecule has 0 spiro atoms. The summed E-state index contributed by atoms with van der Waals surface area (Å²) in [4.78, 5) is 27.4. The molecule has 1 atom stereocenters. The molecule has 2 rings (SSSR count). The fraction of sp³-hybridized carbons (Fsp3) is 0.417. The molecule has 0 radical (unpaired) electrons. The third-order valence-electron chi connectivity index (χ3n) is 5.33. The van der Waals surface area contributed by atoms with E-state index in [9.17, 15) is 18.0 Å². The predicted octanol–water partition coefficient (Wildman–Crippen LogP) is 3.68. The van der Waals surface area contributed by atoms with Gasteiger partial charge in [-0.05, 0) is 43.5 Å². The number of nitrogens with one attached hydrogen (secondary N) is 1. The van der Waals surface area contributed by atoms with Crippen LogP contribution in [0.15, 0.2) is 59.5 Å². The molecule has 0 aliphatic carbocycles. The summed E-state index contributed by atoms with van der Waals surface area (Å²) in [6.07, 6.45) is 1.22. The number of halogens is 1. The lowest BCUT2D eigenvalue weighted by atomic mass is 10.1. The van der Waals surface area contributed by atoms with Crippen molar-refractivity contribution >= 4 is 33.4 Å². The van der Waals surface area contributed by atoms with Gasteiger partial charge in [-0.25, -0.2) is 12.7 Å². The van der Waals surface area contributed by atoms with Crippen LogP contribution in [0.25, 0.3) is 0 Å². The maximum atomic E-state index is 13.1. The summed E-state index contributed by atoms with van der Waals surface area (Å²) >= 11 is 6.28. The van der Waals surface area contributed by atoms with Crippen LogP contribution in [0.1, 0.15) is 38.7 Å². The lowest BCUT2D eigenvalue weighted by Crippen LogP contribution is -2.47. The minimum atomic E-state index is -3.62. The second-order valence-corrected chi connectivity index (χ2v) is 10.3. The van der Waals surface area contributed by atoms with Crippen LogP contribution in [0.3, 0.4) is 0 Å². The highest BCUT2D eigenvalue weighted by molar-refractivity contribution is 7.89. The maximum Gasteiger partial charge on any atom is 0.242 e. The first kappa shape index (κ1) is 26.8. The molecule has 0 aromatic heterocycles. The lowest BCUT2D eigenvalue weighted by Gasteiger charge is -2.29. The summed E-state index contributed by atoms with van der Waals surface area (Å²) in [5.41, 5.74) is 0.742. The third-order valence-corrected chi connectivity index (χ3v) is 7.57. The third kappa shape index (κ3) is 7.55. The maximum absolute atomic E-state index is 13.1. The molecule has 7 nitrogen and oxygen atoms in total. The Hall–Kier alpha value is -2.42. The molecule has 2 aromatic rings. The van der Waals surface area contributed by atoms with Crippen molar-refractivity contribution < 1.29 is 18.0 Å². The summed E-state index contributed by atoms with van der Waals surface area (Å²) in [6.45, 7) is 4.54. The largest absolute Gasteiger partial charge is 0.354 e. The van der Waals surface area contributed by atoms with Crippen molar-refractivity contribution in [3.8, 4) is 0 Å². The number of rotatable bonds is 12. The van der Waals surface area contributed by atoms with Gasteiger partial charge in [-0.3, -0.25) is 9.59 Å². The molecule has 0 aliphatic heterocycles. The zero-order chi connectivity index (χ0) is 24.4. The quantitative estimate of drug-likeness (QED) is 0.488. The van der Waals surface area contributed by atoms with Crippen LogP contribution in [-0.2, 0) is 26.2 Å². The molecule has 0 heterocycles. The molecule has 180 valence electrons. The molecule has 1 N–H and O–H groups in total. The van der Waals surface area contributed by atoms with Crippen LogP contribution >= 0.6 is 11.6 Å². The summed E-state index contributed by atoms with van der Waals surface area (Å²) in [5, 5.41) is 3.35. The van der Waals surface area contributed by atoms with Crippen molar-refractivity contribution in [1.29, 1.82) is 0 Å².